The van der Waals surface area contributed by atoms with Gasteiger partial charge in [-0.15, -0.1) is 0 Å². The van der Waals surface area contributed by atoms with Crippen molar-refractivity contribution in [2.45, 2.75) is 43.0 Å². The van der Waals surface area contributed by atoms with Crippen LogP contribution < -0.4 is 10.6 Å². The lowest BCUT2D eigenvalue weighted by molar-refractivity contribution is 0.0773. The molecular weight excluding hydrogens is 570 g/mol. The molecular formula is C34H37N7O2S. The van der Waals surface area contributed by atoms with Gasteiger partial charge in [0.05, 0.1) is 24.5 Å². The largest absolute Gasteiger partial charge is 0.379 e. The smallest absolute Gasteiger partial charge is 0.150 e. The highest BCUT2D eigenvalue weighted by atomic mass is 32.2. The molecule has 9 nitrogen and oxygen atoms in total. The van der Waals surface area contributed by atoms with Crippen LogP contribution in [0.4, 0.5) is 5.69 Å². The Morgan fingerprint density at radius 2 is 1.89 bits per heavy atom. The molecule has 0 atom stereocenters. The number of aldehydes is 1. The molecule has 0 spiro atoms. The highest BCUT2D eigenvalue weighted by Gasteiger charge is 2.17. The van der Waals surface area contributed by atoms with E-state index in [0.717, 1.165) is 72.8 Å². The molecule has 1 saturated heterocycles. The maximum absolute atomic E-state index is 11.0. The Morgan fingerprint density at radius 1 is 1.07 bits per heavy atom. The number of carbonyl (C=O) groups is 1. The van der Waals surface area contributed by atoms with Gasteiger partial charge in [-0.2, -0.15) is 0 Å². The standard InChI is InChI=1S/C34H37N7O2S/c1-35-34(40-29-5-3-2-4-6-29)32(33-14-13-31(22-38-33)44-41-17-19-43-20-18-41)23-36-25-39-28-10-7-26(8-11-28)9-12-30-21-27(24-42)15-16-37-30/h7-8,10-11,13-16,21-24,29,39-40H,1-6,17-20,25H2/b34-32-,36-23-. The van der Waals surface area contributed by atoms with Crippen molar-refractivity contribution in [1.29, 1.82) is 0 Å². The molecule has 0 radical (unpaired) electrons. The lowest BCUT2D eigenvalue weighted by Gasteiger charge is -2.25. The van der Waals surface area contributed by atoms with Crippen molar-refractivity contribution in [1.82, 2.24) is 19.6 Å². The number of pyridine rings is 2. The summed E-state index contributed by atoms with van der Waals surface area (Å²) in [6.45, 7) is 7.55. The van der Waals surface area contributed by atoms with Crippen molar-refractivity contribution in [3.05, 3.63) is 89.3 Å². The number of hydrogen-bond donors (Lipinski definition) is 2. The summed E-state index contributed by atoms with van der Waals surface area (Å²) in [5.74, 6) is 6.79. The van der Waals surface area contributed by atoms with E-state index in [4.69, 9.17) is 9.72 Å². The average molecular weight is 608 g/mol. The molecule has 1 saturated carbocycles. The summed E-state index contributed by atoms with van der Waals surface area (Å²) in [4.78, 5) is 30.1. The van der Waals surface area contributed by atoms with Crippen molar-refractivity contribution in [2.75, 3.05) is 38.3 Å². The number of hydrogen-bond acceptors (Lipinski definition) is 10. The Morgan fingerprint density at radius 3 is 2.61 bits per heavy atom. The molecule has 2 N–H and O–H groups in total. The number of benzene rings is 1. The Balaban J connectivity index is 1.25. The number of carbonyl (C=O) groups excluding carboxylic acids is 1. The number of rotatable bonds is 11. The van der Waals surface area contributed by atoms with Gasteiger partial charge in [0.15, 0.2) is 0 Å². The SMILES string of the molecule is C=N/C(NC1CCCCC1)=C(\C=N/CNc1ccc(C#Cc2cc(C=O)ccn2)cc1)c1ccc(SN2CCOCC2)cn1. The zero-order chi connectivity index (χ0) is 30.4. The predicted octanol–water partition coefficient (Wildman–Crippen LogP) is 5.46. The van der Waals surface area contributed by atoms with Crippen molar-refractivity contribution in [3.63, 3.8) is 0 Å². The third-order valence-corrected chi connectivity index (χ3v) is 8.39. The minimum Gasteiger partial charge on any atom is -0.379 e. The Hall–Kier alpha value is -4.30. The minimum atomic E-state index is 0.369. The summed E-state index contributed by atoms with van der Waals surface area (Å²) < 4.78 is 7.77. The molecule has 1 aliphatic carbocycles. The lowest BCUT2D eigenvalue weighted by Crippen LogP contribution is -2.31. The van der Waals surface area contributed by atoms with Crippen LogP contribution in [0.3, 0.4) is 0 Å². The molecule has 3 heterocycles. The number of nitrogens with zero attached hydrogens (tertiary/aromatic N) is 5. The molecule has 2 aliphatic rings. The maximum atomic E-state index is 11.0. The van der Waals surface area contributed by atoms with Crippen LogP contribution in [0.2, 0.25) is 0 Å². The van der Waals surface area contributed by atoms with Crippen molar-refractivity contribution >= 4 is 42.4 Å². The summed E-state index contributed by atoms with van der Waals surface area (Å²) in [5.41, 5.74) is 4.49. The van der Waals surface area contributed by atoms with Gasteiger partial charge >= 0.3 is 0 Å². The fraction of sp³-hybridized carbons (Fsp3) is 0.324. The van der Waals surface area contributed by atoms with E-state index in [2.05, 4.69) is 54.5 Å². The summed E-state index contributed by atoms with van der Waals surface area (Å²) in [5, 5.41) is 6.95. The van der Waals surface area contributed by atoms with E-state index in [1.165, 1.54) is 19.3 Å². The van der Waals surface area contributed by atoms with Gasteiger partial charge < -0.3 is 15.4 Å². The lowest BCUT2D eigenvalue weighted by atomic mass is 9.95. The third kappa shape index (κ3) is 9.35. The van der Waals surface area contributed by atoms with E-state index in [1.54, 1.807) is 30.3 Å². The van der Waals surface area contributed by atoms with Gasteiger partial charge in [-0.1, -0.05) is 25.2 Å². The fourth-order valence-corrected chi connectivity index (χ4v) is 5.81. The van der Waals surface area contributed by atoms with Gasteiger partial charge in [-0.05, 0) is 86.0 Å². The van der Waals surface area contributed by atoms with Crippen LogP contribution in [0.5, 0.6) is 0 Å². The van der Waals surface area contributed by atoms with Crippen LogP contribution in [-0.4, -0.2) is 72.5 Å². The molecule has 2 fully saturated rings. The molecule has 10 heteroatoms. The Bertz CT molecular complexity index is 1520. The Kier molecular flexibility index (Phi) is 11.7. The van der Waals surface area contributed by atoms with Gasteiger partial charge in [0, 0.05) is 59.4 Å². The van der Waals surface area contributed by atoms with Crippen LogP contribution in [0, 0.1) is 11.8 Å². The van der Waals surface area contributed by atoms with Crippen LogP contribution >= 0.6 is 11.9 Å². The first-order chi connectivity index (χ1) is 21.7. The molecule has 0 amide bonds. The van der Waals surface area contributed by atoms with Crippen LogP contribution in [0.15, 0.2) is 81.6 Å². The van der Waals surface area contributed by atoms with Crippen LogP contribution in [0.25, 0.3) is 5.57 Å². The molecule has 2 aromatic heterocycles. The molecule has 5 rings (SSSR count). The van der Waals surface area contributed by atoms with Crippen LogP contribution in [-0.2, 0) is 4.74 Å². The fourth-order valence-electron chi connectivity index (χ4n) is 4.95. The quantitative estimate of drug-likeness (QED) is 0.128. The van der Waals surface area contributed by atoms with Crippen molar-refractivity contribution in [2.24, 2.45) is 9.98 Å². The highest BCUT2D eigenvalue weighted by Crippen LogP contribution is 2.25. The summed E-state index contributed by atoms with van der Waals surface area (Å²) >= 11 is 1.71. The van der Waals surface area contributed by atoms with Crippen molar-refractivity contribution in [3.8, 4) is 11.8 Å². The number of anilines is 1. The molecule has 226 valence electrons. The maximum Gasteiger partial charge on any atom is 0.150 e. The number of morpholine rings is 1. The first-order valence-corrected chi connectivity index (χ1v) is 15.7. The third-order valence-electron chi connectivity index (χ3n) is 7.31. The van der Waals surface area contributed by atoms with Gasteiger partial charge in [-0.3, -0.25) is 14.8 Å². The number of aromatic nitrogens is 2. The molecule has 0 unspecified atom stereocenters. The highest BCUT2D eigenvalue weighted by molar-refractivity contribution is 7.97. The van der Waals surface area contributed by atoms with Gasteiger partial charge in [-0.25, -0.2) is 14.3 Å². The molecule has 1 aliphatic heterocycles. The zero-order valence-corrected chi connectivity index (χ0v) is 25.6. The molecule has 44 heavy (non-hydrogen) atoms. The van der Waals surface area contributed by atoms with Crippen LogP contribution in [0.1, 0.15) is 59.4 Å². The van der Waals surface area contributed by atoms with Gasteiger partial charge in [0.1, 0.15) is 24.5 Å². The first kappa shape index (κ1) is 31.1. The second-order valence-electron chi connectivity index (χ2n) is 10.5. The summed E-state index contributed by atoms with van der Waals surface area (Å²) in [6, 6.07) is 15.6. The molecule has 3 aromatic rings. The summed E-state index contributed by atoms with van der Waals surface area (Å²) in [7, 11) is 0. The van der Waals surface area contributed by atoms with E-state index >= 15 is 0 Å². The minimum absolute atomic E-state index is 0.369. The van der Waals surface area contributed by atoms with E-state index in [9.17, 15) is 4.79 Å². The van der Waals surface area contributed by atoms with Gasteiger partial charge in [0.25, 0.3) is 0 Å². The van der Waals surface area contributed by atoms with Gasteiger partial charge in [0.2, 0.25) is 0 Å². The van der Waals surface area contributed by atoms with Crippen molar-refractivity contribution < 1.29 is 9.53 Å². The number of allylic oxidation sites excluding steroid dienone is 1. The molecule has 1 aromatic carbocycles. The second kappa shape index (κ2) is 16.5. The topological polar surface area (TPSA) is 104 Å². The van der Waals surface area contributed by atoms with E-state index in [1.807, 2.05) is 42.7 Å². The predicted molar refractivity (Wildman–Crippen MR) is 178 cm³/mol. The second-order valence-corrected chi connectivity index (χ2v) is 11.6. The average Bonchev–Trinajstić information content (AvgIpc) is 3.08. The number of aliphatic imine (C=N–C) groups is 2. The Labute approximate surface area is 263 Å². The summed E-state index contributed by atoms with van der Waals surface area (Å²) in [6.07, 6.45) is 12.1. The van der Waals surface area contributed by atoms with E-state index in [0.29, 0.717) is 29.8 Å². The zero-order valence-electron chi connectivity index (χ0n) is 24.7. The number of ether oxygens (including phenoxy) is 1. The number of nitrogens with one attached hydrogen (secondary N) is 2. The van der Waals surface area contributed by atoms with E-state index in [-0.39, 0.29) is 0 Å². The van der Waals surface area contributed by atoms with E-state index < -0.39 is 0 Å². The first-order valence-electron chi connectivity index (χ1n) is 14.9. The normalized spacial score (nSPS) is 16.5. The molecule has 0 bridgehead atoms. The monoisotopic (exact) mass is 607 g/mol.